The Morgan fingerprint density at radius 1 is 1.27 bits per heavy atom. The van der Waals surface area contributed by atoms with Crippen LogP contribution in [0, 0.1) is 12.7 Å². The zero-order valence-corrected chi connectivity index (χ0v) is 18.0. The molecule has 1 fully saturated rings. The molecule has 3 heterocycles. The van der Waals surface area contributed by atoms with Crippen LogP contribution in [0.3, 0.4) is 0 Å². The van der Waals surface area contributed by atoms with Crippen LogP contribution in [0.25, 0.3) is 0 Å². The number of benzene rings is 1. The number of carbonyl (C=O) groups is 1. The Bertz CT molecular complexity index is 1180. The van der Waals surface area contributed by atoms with Crippen molar-refractivity contribution in [3.8, 4) is 5.75 Å². The summed E-state index contributed by atoms with van der Waals surface area (Å²) in [6.07, 6.45) is 3.94. The minimum absolute atomic E-state index is 0.0103. The molecule has 1 aromatic carbocycles. The van der Waals surface area contributed by atoms with Gasteiger partial charge in [0.05, 0.1) is 38.2 Å². The summed E-state index contributed by atoms with van der Waals surface area (Å²) in [6, 6.07) is 7.51. The summed E-state index contributed by atoms with van der Waals surface area (Å²) in [5.74, 6) is -0.746. The second-order valence-electron chi connectivity index (χ2n) is 7.49. The van der Waals surface area contributed by atoms with Crippen LogP contribution in [0.4, 0.5) is 10.1 Å². The molecule has 1 unspecified atom stereocenters. The van der Waals surface area contributed by atoms with Crippen LogP contribution >= 0.6 is 0 Å². The summed E-state index contributed by atoms with van der Waals surface area (Å²) in [5, 5.41) is 2.47. The van der Waals surface area contributed by atoms with Gasteiger partial charge in [0, 0.05) is 24.2 Å². The second kappa shape index (κ2) is 10.3. The van der Waals surface area contributed by atoms with Crippen LogP contribution in [0.15, 0.2) is 53.7 Å². The summed E-state index contributed by atoms with van der Waals surface area (Å²) in [4.78, 5) is 32.5. The number of rotatable bonds is 7. The maximum atomic E-state index is 14.6. The first kappa shape index (κ1) is 22.6. The number of ether oxygens (including phenoxy) is 3. The average molecular weight is 454 g/mol. The molecule has 1 aliphatic rings. The van der Waals surface area contributed by atoms with Crippen molar-refractivity contribution in [2.24, 2.45) is 0 Å². The maximum absolute atomic E-state index is 14.6. The molecule has 0 radical (unpaired) electrons. The van der Waals surface area contributed by atoms with E-state index in [4.69, 9.17) is 14.2 Å². The van der Waals surface area contributed by atoms with Crippen molar-refractivity contribution in [3.05, 3.63) is 82.0 Å². The van der Waals surface area contributed by atoms with E-state index in [1.54, 1.807) is 19.1 Å². The van der Waals surface area contributed by atoms with Crippen molar-refractivity contribution in [3.63, 3.8) is 0 Å². The Morgan fingerprint density at radius 3 is 2.85 bits per heavy atom. The Morgan fingerprint density at radius 2 is 2.15 bits per heavy atom. The topological polar surface area (TPSA) is 105 Å². The van der Waals surface area contributed by atoms with Crippen LogP contribution in [-0.2, 0) is 16.0 Å². The predicted octanol–water partition coefficient (Wildman–Crippen LogP) is 2.18. The molecule has 1 atom stereocenters. The van der Waals surface area contributed by atoms with Crippen LogP contribution in [0.2, 0.25) is 0 Å². The molecule has 4 rings (SSSR count). The predicted molar refractivity (Wildman–Crippen MR) is 117 cm³/mol. The fraction of sp³-hybridized carbons (Fsp3) is 0.304. The van der Waals surface area contributed by atoms with Gasteiger partial charge in [0.15, 0.2) is 0 Å². The van der Waals surface area contributed by atoms with Gasteiger partial charge in [0.1, 0.15) is 30.0 Å². The molecule has 0 spiro atoms. The number of aryl methyl sites for hydroxylation is 1. The van der Waals surface area contributed by atoms with E-state index in [2.05, 4.69) is 15.3 Å². The summed E-state index contributed by atoms with van der Waals surface area (Å²) in [7, 11) is 0. The fourth-order valence-corrected chi connectivity index (χ4v) is 3.35. The molecule has 33 heavy (non-hydrogen) atoms. The number of aromatic nitrogens is 3. The molecule has 9 nitrogen and oxygen atoms in total. The summed E-state index contributed by atoms with van der Waals surface area (Å²) in [5.41, 5.74) is 1.05. The Kier molecular flexibility index (Phi) is 7.06. The highest BCUT2D eigenvalue weighted by Gasteiger charge is 2.16. The number of pyridine rings is 1. The van der Waals surface area contributed by atoms with E-state index in [1.807, 2.05) is 0 Å². The van der Waals surface area contributed by atoms with E-state index in [0.29, 0.717) is 36.8 Å². The zero-order valence-electron chi connectivity index (χ0n) is 18.0. The maximum Gasteiger partial charge on any atom is 0.275 e. The minimum atomic E-state index is -0.620. The van der Waals surface area contributed by atoms with E-state index < -0.39 is 11.7 Å². The molecular formula is C23H23FN4O5. The number of hydrogen-bond donors (Lipinski definition) is 1. The van der Waals surface area contributed by atoms with Crippen molar-refractivity contribution < 1.29 is 23.4 Å². The van der Waals surface area contributed by atoms with Gasteiger partial charge in [-0.05, 0) is 30.7 Å². The van der Waals surface area contributed by atoms with Crippen LogP contribution in [0.1, 0.15) is 21.7 Å². The standard InChI is InChI=1S/C23H23FN4O5/c1-15-8-17(33-14-18-13-31-6-7-32-18)10-22(29)28(15)12-16-2-3-20(19(24)9-16)27-23(30)21-11-25-4-5-26-21/h2-5,8-11,18H,6-7,12-14H2,1H3,(H,27,30). The van der Waals surface area contributed by atoms with Gasteiger partial charge in [-0.3, -0.25) is 14.6 Å². The number of hydrogen-bond acceptors (Lipinski definition) is 7. The number of nitrogens with zero attached hydrogens (tertiary/aromatic N) is 3. The van der Waals surface area contributed by atoms with E-state index >= 15 is 0 Å². The number of nitrogens with one attached hydrogen (secondary N) is 1. The van der Waals surface area contributed by atoms with E-state index in [1.165, 1.54) is 41.4 Å². The third-order valence-corrected chi connectivity index (χ3v) is 5.05. The molecule has 1 N–H and O–H groups in total. The van der Waals surface area contributed by atoms with Gasteiger partial charge < -0.3 is 24.1 Å². The smallest absolute Gasteiger partial charge is 0.275 e. The largest absolute Gasteiger partial charge is 0.491 e. The van der Waals surface area contributed by atoms with Crippen molar-refractivity contribution in [2.75, 3.05) is 31.7 Å². The van der Waals surface area contributed by atoms with Gasteiger partial charge in [-0.2, -0.15) is 0 Å². The van der Waals surface area contributed by atoms with Crippen LogP contribution in [0.5, 0.6) is 5.75 Å². The van der Waals surface area contributed by atoms with Gasteiger partial charge >= 0.3 is 0 Å². The third-order valence-electron chi connectivity index (χ3n) is 5.05. The highest BCUT2D eigenvalue weighted by Crippen LogP contribution is 2.18. The van der Waals surface area contributed by atoms with Crippen molar-refractivity contribution in [2.45, 2.75) is 19.6 Å². The highest BCUT2D eigenvalue weighted by molar-refractivity contribution is 6.02. The molecule has 2 aromatic heterocycles. The Hall–Kier alpha value is -3.63. The lowest BCUT2D eigenvalue weighted by Crippen LogP contribution is -2.33. The molecular weight excluding hydrogens is 431 g/mol. The average Bonchev–Trinajstić information content (AvgIpc) is 2.83. The number of carbonyl (C=O) groups excluding carboxylic acids is 1. The van der Waals surface area contributed by atoms with Gasteiger partial charge in [0.2, 0.25) is 0 Å². The van der Waals surface area contributed by atoms with Gasteiger partial charge in [-0.15, -0.1) is 0 Å². The summed E-state index contributed by atoms with van der Waals surface area (Å²) in [6.45, 7) is 3.78. The van der Waals surface area contributed by atoms with Crippen molar-refractivity contribution in [1.82, 2.24) is 14.5 Å². The van der Waals surface area contributed by atoms with Crippen molar-refractivity contribution in [1.29, 1.82) is 0 Å². The molecule has 0 saturated carbocycles. The van der Waals surface area contributed by atoms with Gasteiger partial charge in [0.25, 0.3) is 11.5 Å². The van der Waals surface area contributed by atoms with Crippen molar-refractivity contribution >= 4 is 11.6 Å². The summed E-state index contributed by atoms with van der Waals surface area (Å²) < 4.78 is 32.7. The molecule has 1 amide bonds. The highest BCUT2D eigenvalue weighted by atomic mass is 19.1. The van der Waals surface area contributed by atoms with Gasteiger partial charge in [-0.25, -0.2) is 9.37 Å². The molecule has 1 saturated heterocycles. The number of anilines is 1. The lowest BCUT2D eigenvalue weighted by atomic mass is 10.1. The van der Waals surface area contributed by atoms with Crippen LogP contribution in [-0.4, -0.2) is 53.0 Å². The first-order chi connectivity index (χ1) is 16.0. The van der Waals surface area contributed by atoms with Gasteiger partial charge in [-0.1, -0.05) is 6.07 Å². The normalized spacial score (nSPS) is 15.8. The number of halogens is 1. The lowest BCUT2D eigenvalue weighted by molar-refractivity contribution is -0.101. The molecule has 10 heteroatoms. The van der Waals surface area contributed by atoms with E-state index in [9.17, 15) is 14.0 Å². The monoisotopic (exact) mass is 454 g/mol. The third kappa shape index (κ3) is 5.79. The molecule has 0 aliphatic carbocycles. The molecule has 3 aromatic rings. The fourth-order valence-electron chi connectivity index (χ4n) is 3.35. The summed E-state index contributed by atoms with van der Waals surface area (Å²) >= 11 is 0. The van der Waals surface area contributed by atoms with Crippen LogP contribution < -0.4 is 15.6 Å². The minimum Gasteiger partial charge on any atom is -0.491 e. The first-order valence-corrected chi connectivity index (χ1v) is 10.4. The van der Waals surface area contributed by atoms with E-state index in [-0.39, 0.29) is 36.2 Å². The van der Waals surface area contributed by atoms with E-state index in [0.717, 1.165) is 0 Å². The lowest BCUT2D eigenvalue weighted by Gasteiger charge is -2.23. The first-order valence-electron chi connectivity index (χ1n) is 10.4. The number of amides is 1. The second-order valence-corrected chi connectivity index (χ2v) is 7.49. The zero-order chi connectivity index (χ0) is 23.2. The quantitative estimate of drug-likeness (QED) is 0.584. The molecule has 1 aliphatic heterocycles. The Balaban J connectivity index is 1.42. The SMILES string of the molecule is Cc1cc(OCC2COCCO2)cc(=O)n1Cc1ccc(NC(=O)c2cnccn2)c(F)c1. The molecule has 0 bridgehead atoms. The Labute approximate surface area is 189 Å². The molecule has 172 valence electrons.